The highest BCUT2D eigenvalue weighted by molar-refractivity contribution is 9.10. The van der Waals surface area contributed by atoms with Gasteiger partial charge in [0.25, 0.3) is 0 Å². The van der Waals surface area contributed by atoms with Crippen LogP contribution in [0.15, 0.2) is 22.7 Å². The highest BCUT2D eigenvalue weighted by atomic mass is 79.9. The second-order valence-corrected chi connectivity index (χ2v) is 6.02. The molecule has 1 aromatic rings. The van der Waals surface area contributed by atoms with Gasteiger partial charge >= 0.3 is 0 Å². The largest absolute Gasteiger partial charge is 0.493 e. The molecule has 0 amide bonds. The van der Waals surface area contributed by atoms with Crippen LogP contribution in [0.3, 0.4) is 0 Å². The SMILES string of the molecule is CC(O)c1ccc(Br)cc1OCCCN1CCCC1. The van der Waals surface area contributed by atoms with E-state index in [1.807, 2.05) is 18.2 Å². The van der Waals surface area contributed by atoms with E-state index in [9.17, 15) is 5.11 Å². The van der Waals surface area contributed by atoms with E-state index in [0.29, 0.717) is 6.61 Å². The van der Waals surface area contributed by atoms with Gasteiger partial charge in [0.2, 0.25) is 0 Å². The zero-order chi connectivity index (χ0) is 13.7. The standard InChI is InChI=1S/C15H22BrNO2/c1-12(18)14-6-5-13(16)11-15(14)19-10-4-9-17-7-2-3-8-17/h5-6,11-12,18H,2-4,7-10H2,1H3. The summed E-state index contributed by atoms with van der Waals surface area (Å²) in [6.45, 7) is 6.04. The third kappa shape index (κ3) is 4.48. The van der Waals surface area contributed by atoms with E-state index in [-0.39, 0.29) is 0 Å². The van der Waals surface area contributed by atoms with Crippen LogP contribution in [0.1, 0.15) is 37.9 Å². The maximum Gasteiger partial charge on any atom is 0.126 e. The Labute approximate surface area is 123 Å². The van der Waals surface area contributed by atoms with E-state index in [0.717, 1.165) is 28.8 Å². The molecule has 4 heteroatoms. The molecule has 0 bridgehead atoms. The first-order valence-electron chi connectivity index (χ1n) is 6.99. The molecule has 1 N–H and O–H groups in total. The molecule has 0 aromatic heterocycles. The number of hydrogen-bond donors (Lipinski definition) is 1. The van der Waals surface area contributed by atoms with Crippen LogP contribution in [0.4, 0.5) is 0 Å². The van der Waals surface area contributed by atoms with Crippen molar-refractivity contribution in [2.75, 3.05) is 26.2 Å². The molecule has 1 aliphatic rings. The predicted octanol–water partition coefficient (Wildman–Crippen LogP) is 3.37. The molecule has 1 atom stereocenters. The molecule has 106 valence electrons. The lowest BCUT2D eigenvalue weighted by Gasteiger charge is -2.16. The molecule has 0 aliphatic carbocycles. The minimum absolute atomic E-state index is 0.498. The summed E-state index contributed by atoms with van der Waals surface area (Å²) >= 11 is 3.44. The highest BCUT2D eigenvalue weighted by Crippen LogP contribution is 2.28. The zero-order valence-electron chi connectivity index (χ0n) is 11.4. The van der Waals surface area contributed by atoms with E-state index in [1.54, 1.807) is 6.92 Å². The number of benzene rings is 1. The molecule has 19 heavy (non-hydrogen) atoms. The molecule has 1 heterocycles. The van der Waals surface area contributed by atoms with Crippen LogP contribution in [-0.2, 0) is 0 Å². The fraction of sp³-hybridized carbons (Fsp3) is 0.600. The van der Waals surface area contributed by atoms with Crippen molar-refractivity contribution in [2.24, 2.45) is 0 Å². The van der Waals surface area contributed by atoms with Gasteiger partial charge in [-0.15, -0.1) is 0 Å². The summed E-state index contributed by atoms with van der Waals surface area (Å²) in [7, 11) is 0. The van der Waals surface area contributed by atoms with Gasteiger partial charge < -0.3 is 14.7 Å². The molecule has 1 fully saturated rings. The van der Waals surface area contributed by atoms with Crippen LogP contribution in [0.2, 0.25) is 0 Å². The molecular formula is C15H22BrNO2. The maximum atomic E-state index is 9.72. The van der Waals surface area contributed by atoms with Crippen LogP contribution < -0.4 is 4.74 Å². The topological polar surface area (TPSA) is 32.7 Å². The summed E-state index contributed by atoms with van der Waals surface area (Å²) < 4.78 is 6.80. The molecular weight excluding hydrogens is 306 g/mol. The first kappa shape index (κ1) is 14.8. The van der Waals surface area contributed by atoms with Gasteiger partial charge in [0.15, 0.2) is 0 Å². The molecule has 1 aliphatic heterocycles. The summed E-state index contributed by atoms with van der Waals surface area (Å²) in [5.74, 6) is 0.783. The number of likely N-dealkylation sites (tertiary alicyclic amines) is 1. The lowest BCUT2D eigenvalue weighted by atomic mass is 10.1. The summed E-state index contributed by atoms with van der Waals surface area (Å²) in [4.78, 5) is 2.49. The Balaban J connectivity index is 1.82. The molecule has 0 radical (unpaired) electrons. The van der Waals surface area contributed by atoms with Crippen molar-refractivity contribution in [2.45, 2.75) is 32.3 Å². The second kappa shape index (κ2) is 7.27. The minimum atomic E-state index is -0.498. The van der Waals surface area contributed by atoms with E-state index in [2.05, 4.69) is 20.8 Å². The lowest BCUT2D eigenvalue weighted by molar-refractivity contribution is 0.189. The first-order chi connectivity index (χ1) is 9.16. The Morgan fingerprint density at radius 3 is 2.79 bits per heavy atom. The Kier molecular flexibility index (Phi) is 5.67. The summed E-state index contributed by atoms with van der Waals surface area (Å²) in [6, 6.07) is 5.77. The van der Waals surface area contributed by atoms with Crippen LogP contribution in [0, 0.1) is 0 Å². The summed E-state index contributed by atoms with van der Waals surface area (Å²) in [5, 5.41) is 9.72. The molecule has 3 nitrogen and oxygen atoms in total. The Morgan fingerprint density at radius 2 is 2.11 bits per heavy atom. The normalized spacial score (nSPS) is 17.6. The molecule has 0 saturated carbocycles. The van der Waals surface area contributed by atoms with Crippen molar-refractivity contribution in [3.8, 4) is 5.75 Å². The third-order valence-corrected chi connectivity index (χ3v) is 3.99. The van der Waals surface area contributed by atoms with Crippen molar-refractivity contribution < 1.29 is 9.84 Å². The molecule has 2 rings (SSSR count). The second-order valence-electron chi connectivity index (χ2n) is 5.11. The fourth-order valence-corrected chi connectivity index (χ4v) is 2.79. The van der Waals surface area contributed by atoms with E-state index >= 15 is 0 Å². The minimum Gasteiger partial charge on any atom is -0.493 e. The smallest absolute Gasteiger partial charge is 0.126 e. The quantitative estimate of drug-likeness (QED) is 0.813. The zero-order valence-corrected chi connectivity index (χ0v) is 13.0. The van der Waals surface area contributed by atoms with Gasteiger partial charge in [-0.3, -0.25) is 0 Å². The maximum absolute atomic E-state index is 9.72. The van der Waals surface area contributed by atoms with E-state index < -0.39 is 6.10 Å². The molecule has 0 spiro atoms. The van der Waals surface area contributed by atoms with E-state index in [1.165, 1.54) is 25.9 Å². The number of ether oxygens (including phenoxy) is 1. The van der Waals surface area contributed by atoms with Gasteiger partial charge in [-0.25, -0.2) is 0 Å². The van der Waals surface area contributed by atoms with Gasteiger partial charge in [-0.1, -0.05) is 22.0 Å². The van der Waals surface area contributed by atoms with Gasteiger partial charge in [0.05, 0.1) is 12.7 Å². The number of hydrogen-bond acceptors (Lipinski definition) is 3. The summed E-state index contributed by atoms with van der Waals surface area (Å²) in [5.41, 5.74) is 0.851. The van der Waals surface area contributed by atoms with Gasteiger partial charge in [-0.05, 0) is 51.4 Å². The third-order valence-electron chi connectivity index (χ3n) is 3.50. The molecule has 1 unspecified atom stereocenters. The van der Waals surface area contributed by atoms with Crippen LogP contribution in [0.25, 0.3) is 0 Å². The molecule has 1 aromatic carbocycles. The number of halogens is 1. The average molecular weight is 328 g/mol. The van der Waals surface area contributed by atoms with Crippen molar-refractivity contribution in [1.82, 2.24) is 4.90 Å². The predicted molar refractivity (Wildman–Crippen MR) is 80.6 cm³/mol. The Morgan fingerprint density at radius 1 is 1.37 bits per heavy atom. The highest BCUT2D eigenvalue weighted by Gasteiger charge is 2.12. The van der Waals surface area contributed by atoms with Crippen LogP contribution in [0.5, 0.6) is 5.75 Å². The first-order valence-corrected chi connectivity index (χ1v) is 7.79. The van der Waals surface area contributed by atoms with Gasteiger partial charge in [0, 0.05) is 16.6 Å². The van der Waals surface area contributed by atoms with Crippen LogP contribution in [-0.4, -0.2) is 36.2 Å². The van der Waals surface area contributed by atoms with E-state index in [4.69, 9.17) is 4.74 Å². The fourth-order valence-electron chi connectivity index (χ4n) is 2.45. The Hall–Kier alpha value is -0.580. The lowest BCUT2D eigenvalue weighted by Crippen LogP contribution is -2.22. The monoisotopic (exact) mass is 327 g/mol. The summed E-state index contributed by atoms with van der Waals surface area (Å²) in [6.07, 6.45) is 3.20. The Bertz CT molecular complexity index is 403. The average Bonchev–Trinajstić information content (AvgIpc) is 2.87. The molecule has 1 saturated heterocycles. The van der Waals surface area contributed by atoms with Crippen molar-refractivity contribution in [1.29, 1.82) is 0 Å². The van der Waals surface area contributed by atoms with Gasteiger partial charge in [0.1, 0.15) is 5.75 Å². The van der Waals surface area contributed by atoms with Crippen LogP contribution >= 0.6 is 15.9 Å². The number of aliphatic hydroxyl groups excluding tert-OH is 1. The van der Waals surface area contributed by atoms with Crippen molar-refractivity contribution in [3.63, 3.8) is 0 Å². The van der Waals surface area contributed by atoms with Gasteiger partial charge in [-0.2, -0.15) is 0 Å². The number of aliphatic hydroxyl groups is 1. The van der Waals surface area contributed by atoms with Crippen molar-refractivity contribution >= 4 is 15.9 Å². The number of rotatable bonds is 6. The van der Waals surface area contributed by atoms with Crippen molar-refractivity contribution in [3.05, 3.63) is 28.2 Å². The number of nitrogens with zero attached hydrogens (tertiary/aromatic N) is 1.